The minimum Gasteiger partial charge on any atom is -0.461 e. The van der Waals surface area contributed by atoms with E-state index in [4.69, 9.17) is 24.1 Å². The number of aryl methyl sites for hydroxylation is 1. The molecule has 5 nitrogen and oxygen atoms in total. The number of aliphatic hydroxyl groups excluding tert-OH is 1. The van der Waals surface area contributed by atoms with Gasteiger partial charge in [0.05, 0.1) is 0 Å². The average molecular weight is 326 g/mol. The van der Waals surface area contributed by atoms with Gasteiger partial charge in [-0.15, -0.1) is 0 Å². The van der Waals surface area contributed by atoms with E-state index in [2.05, 4.69) is 0 Å². The van der Waals surface area contributed by atoms with Crippen molar-refractivity contribution in [3.8, 4) is 11.5 Å². The van der Waals surface area contributed by atoms with Crippen molar-refractivity contribution < 1.29 is 24.1 Å². The molecule has 0 aliphatic heterocycles. The lowest BCUT2D eigenvalue weighted by Gasteiger charge is -2.21. The van der Waals surface area contributed by atoms with Gasteiger partial charge in [-0.05, 0) is 64.7 Å². The molecule has 1 N–H and O–H groups in total. The molecular weight excluding hydrogens is 296 g/mol. The number of unbranched alkanes of at least 4 members (excludes halogenated alkanes) is 1. The number of benzene rings is 1. The van der Waals surface area contributed by atoms with Gasteiger partial charge in [0.2, 0.25) is 0 Å². The van der Waals surface area contributed by atoms with Gasteiger partial charge >= 0.3 is 0 Å². The second-order valence-corrected chi connectivity index (χ2v) is 5.24. The standard InChI is InChI=1S/C18H30O5/c1-5-20-14(3)22-17-11-10-16(9-7-8-12-19)13-18(17)23-15(4)21-6-2/h10-11,13-15,19H,5-9,12H2,1-4H3. The van der Waals surface area contributed by atoms with Gasteiger partial charge in [-0.1, -0.05) is 6.07 Å². The summed E-state index contributed by atoms with van der Waals surface area (Å²) in [5, 5.41) is 8.90. The van der Waals surface area contributed by atoms with Gasteiger partial charge < -0.3 is 24.1 Å². The van der Waals surface area contributed by atoms with Crippen LogP contribution >= 0.6 is 0 Å². The summed E-state index contributed by atoms with van der Waals surface area (Å²) in [6.07, 6.45) is 1.93. The van der Waals surface area contributed by atoms with Gasteiger partial charge in [-0.2, -0.15) is 0 Å². The third-order valence-corrected chi connectivity index (χ3v) is 3.27. The molecule has 0 saturated carbocycles. The lowest BCUT2D eigenvalue weighted by atomic mass is 10.1. The van der Waals surface area contributed by atoms with E-state index in [-0.39, 0.29) is 19.2 Å². The topological polar surface area (TPSA) is 57.2 Å². The number of ether oxygens (including phenoxy) is 4. The SMILES string of the molecule is CCOC(C)Oc1ccc(CCCCO)cc1OC(C)OCC. The largest absolute Gasteiger partial charge is 0.461 e. The maximum Gasteiger partial charge on any atom is 0.197 e. The van der Waals surface area contributed by atoms with Crippen molar-refractivity contribution in [3.63, 3.8) is 0 Å². The summed E-state index contributed by atoms with van der Waals surface area (Å²) in [6.45, 7) is 8.97. The molecule has 23 heavy (non-hydrogen) atoms. The Morgan fingerprint density at radius 2 is 1.52 bits per heavy atom. The molecule has 0 bridgehead atoms. The Bertz CT molecular complexity index is 435. The van der Waals surface area contributed by atoms with Crippen molar-refractivity contribution >= 4 is 0 Å². The van der Waals surface area contributed by atoms with Crippen LogP contribution < -0.4 is 9.47 Å². The zero-order valence-corrected chi connectivity index (χ0v) is 14.7. The molecule has 5 heteroatoms. The van der Waals surface area contributed by atoms with E-state index in [1.807, 2.05) is 45.9 Å². The number of rotatable bonds is 12. The molecule has 0 aromatic heterocycles. The van der Waals surface area contributed by atoms with Gasteiger partial charge in [0, 0.05) is 19.8 Å². The highest BCUT2D eigenvalue weighted by molar-refractivity contribution is 5.43. The molecule has 0 amide bonds. The number of aliphatic hydroxyl groups is 1. The van der Waals surface area contributed by atoms with E-state index >= 15 is 0 Å². The fourth-order valence-electron chi connectivity index (χ4n) is 2.23. The molecule has 1 rings (SSSR count). The Hall–Kier alpha value is -1.30. The molecule has 0 radical (unpaired) electrons. The highest BCUT2D eigenvalue weighted by atomic mass is 16.7. The van der Waals surface area contributed by atoms with Crippen molar-refractivity contribution in [1.29, 1.82) is 0 Å². The van der Waals surface area contributed by atoms with E-state index in [0.717, 1.165) is 24.8 Å². The molecule has 2 atom stereocenters. The zero-order chi connectivity index (χ0) is 17.1. The van der Waals surface area contributed by atoms with Crippen molar-refractivity contribution in [2.24, 2.45) is 0 Å². The van der Waals surface area contributed by atoms with Crippen LogP contribution in [0.2, 0.25) is 0 Å². The minimum atomic E-state index is -0.350. The first kappa shape index (κ1) is 19.7. The second-order valence-electron chi connectivity index (χ2n) is 5.24. The molecule has 1 aromatic carbocycles. The molecule has 2 unspecified atom stereocenters. The van der Waals surface area contributed by atoms with E-state index < -0.39 is 0 Å². The van der Waals surface area contributed by atoms with Crippen LogP contribution in [-0.2, 0) is 15.9 Å². The first-order valence-electron chi connectivity index (χ1n) is 8.41. The molecule has 0 fully saturated rings. The average Bonchev–Trinajstić information content (AvgIpc) is 2.50. The van der Waals surface area contributed by atoms with Crippen LogP contribution in [0.3, 0.4) is 0 Å². The smallest absolute Gasteiger partial charge is 0.197 e. The summed E-state index contributed by atoms with van der Waals surface area (Å²) in [7, 11) is 0. The summed E-state index contributed by atoms with van der Waals surface area (Å²) < 4.78 is 22.5. The summed E-state index contributed by atoms with van der Waals surface area (Å²) in [5.41, 5.74) is 1.15. The van der Waals surface area contributed by atoms with E-state index in [0.29, 0.717) is 24.7 Å². The minimum absolute atomic E-state index is 0.220. The highest BCUT2D eigenvalue weighted by Crippen LogP contribution is 2.31. The van der Waals surface area contributed by atoms with Crippen molar-refractivity contribution in [2.75, 3.05) is 19.8 Å². The van der Waals surface area contributed by atoms with Gasteiger partial charge in [-0.25, -0.2) is 0 Å². The van der Waals surface area contributed by atoms with Crippen LogP contribution in [0.4, 0.5) is 0 Å². The molecular formula is C18H30O5. The monoisotopic (exact) mass is 326 g/mol. The Morgan fingerprint density at radius 1 is 0.913 bits per heavy atom. The summed E-state index contributed by atoms with van der Waals surface area (Å²) >= 11 is 0. The molecule has 1 aromatic rings. The van der Waals surface area contributed by atoms with E-state index in [1.165, 1.54) is 0 Å². The summed E-state index contributed by atoms with van der Waals surface area (Å²) in [5.74, 6) is 1.29. The summed E-state index contributed by atoms with van der Waals surface area (Å²) in [4.78, 5) is 0. The fraction of sp³-hybridized carbons (Fsp3) is 0.667. The van der Waals surface area contributed by atoms with Crippen LogP contribution in [0.5, 0.6) is 11.5 Å². The maximum absolute atomic E-state index is 8.90. The van der Waals surface area contributed by atoms with Crippen molar-refractivity contribution in [3.05, 3.63) is 23.8 Å². The van der Waals surface area contributed by atoms with Gasteiger partial charge in [0.25, 0.3) is 0 Å². The van der Waals surface area contributed by atoms with Gasteiger partial charge in [-0.3, -0.25) is 0 Å². The quantitative estimate of drug-likeness (QED) is 0.470. The second kappa shape index (κ2) is 11.3. The molecule has 0 spiro atoms. The zero-order valence-electron chi connectivity index (χ0n) is 14.7. The van der Waals surface area contributed by atoms with Crippen molar-refractivity contribution in [2.45, 2.75) is 59.5 Å². The first-order chi connectivity index (χ1) is 11.1. The Labute approximate surface area is 139 Å². The molecule has 0 aliphatic carbocycles. The van der Waals surface area contributed by atoms with Crippen molar-refractivity contribution in [1.82, 2.24) is 0 Å². The fourth-order valence-corrected chi connectivity index (χ4v) is 2.23. The third-order valence-electron chi connectivity index (χ3n) is 3.27. The predicted octanol–water partition coefficient (Wildman–Crippen LogP) is 3.52. The third kappa shape index (κ3) is 7.68. The first-order valence-corrected chi connectivity index (χ1v) is 8.41. The van der Waals surface area contributed by atoms with Gasteiger partial charge in [0.1, 0.15) is 0 Å². The van der Waals surface area contributed by atoms with E-state index in [9.17, 15) is 0 Å². The van der Waals surface area contributed by atoms with Crippen LogP contribution in [0.15, 0.2) is 18.2 Å². The van der Waals surface area contributed by atoms with Crippen LogP contribution in [0.25, 0.3) is 0 Å². The Balaban J connectivity index is 2.84. The van der Waals surface area contributed by atoms with Gasteiger partial charge in [0.15, 0.2) is 24.1 Å². The Kier molecular flexibility index (Phi) is 9.67. The lowest BCUT2D eigenvalue weighted by molar-refractivity contribution is -0.0766. The van der Waals surface area contributed by atoms with Crippen LogP contribution in [0, 0.1) is 0 Å². The predicted molar refractivity (Wildman–Crippen MR) is 89.9 cm³/mol. The molecule has 132 valence electrons. The van der Waals surface area contributed by atoms with Crippen LogP contribution in [-0.4, -0.2) is 37.5 Å². The summed E-state index contributed by atoms with van der Waals surface area (Å²) in [6, 6.07) is 5.89. The van der Waals surface area contributed by atoms with E-state index in [1.54, 1.807) is 0 Å². The molecule has 0 saturated heterocycles. The molecule has 0 aliphatic rings. The van der Waals surface area contributed by atoms with Crippen LogP contribution in [0.1, 0.15) is 46.1 Å². The highest BCUT2D eigenvalue weighted by Gasteiger charge is 2.13. The maximum atomic E-state index is 8.90. The Morgan fingerprint density at radius 3 is 2.09 bits per heavy atom. The number of hydrogen-bond donors (Lipinski definition) is 1. The lowest BCUT2D eigenvalue weighted by Crippen LogP contribution is -2.19. The normalized spacial score (nSPS) is 13.6. The number of hydrogen-bond acceptors (Lipinski definition) is 5. The molecule has 0 heterocycles.